The van der Waals surface area contributed by atoms with Crippen LogP contribution in [0.15, 0.2) is 54.6 Å². The lowest BCUT2D eigenvalue weighted by Crippen LogP contribution is -2.11. The average molecular weight is 334 g/mol. The standard InChI is InChI=1S/C21H22N2O2/c1-14(2)19-13-20(23(22-19)18-11-7-16(4)8-12-18)25-21(24)17-9-5-15(3)6-10-17/h5-14H,1-4H3. The molecule has 2 aromatic carbocycles. The highest BCUT2D eigenvalue weighted by molar-refractivity contribution is 5.91. The fraction of sp³-hybridized carbons (Fsp3) is 0.238. The first-order chi connectivity index (χ1) is 11.9. The molecule has 0 aliphatic heterocycles. The zero-order valence-electron chi connectivity index (χ0n) is 15.0. The summed E-state index contributed by atoms with van der Waals surface area (Å²) >= 11 is 0. The normalized spacial score (nSPS) is 10.9. The van der Waals surface area contributed by atoms with E-state index >= 15 is 0 Å². The van der Waals surface area contributed by atoms with Gasteiger partial charge in [-0.05, 0) is 44.0 Å². The van der Waals surface area contributed by atoms with Crippen molar-refractivity contribution in [1.82, 2.24) is 9.78 Å². The molecule has 1 aromatic heterocycles. The summed E-state index contributed by atoms with van der Waals surface area (Å²) in [4.78, 5) is 12.5. The lowest BCUT2D eigenvalue weighted by Gasteiger charge is -2.08. The Morgan fingerprint density at radius 1 is 0.960 bits per heavy atom. The van der Waals surface area contributed by atoms with Gasteiger partial charge in [-0.1, -0.05) is 49.2 Å². The van der Waals surface area contributed by atoms with E-state index in [0.717, 1.165) is 22.5 Å². The van der Waals surface area contributed by atoms with Gasteiger partial charge in [-0.2, -0.15) is 5.10 Å². The third kappa shape index (κ3) is 3.79. The van der Waals surface area contributed by atoms with Crippen molar-refractivity contribution in [2.45, 2.75) is 33.6 Å². The third-order valence-electron chi connectivity index (χ3n) is 4.05. The topological polar surface area (TPSA) is 44.1 Å². The molecule has 1 heterocycles. The van der Waals surface area contributed by atoms with E-state index in [9.17, 15) is 4.79 Å². The Hall–Kier alpha value is -2.88. The molecule has 128 valence electrons. The number of ether oxygens (including phenoxy) is 1. The number of hydrogen-bond acceptors (Lipinski definition) is 3. The number of nitrogens with zero attached hydrogens (tertiary/aromatic N) is 2. The van der Waals surface area contributed by atoms with Crippen LogP contribution in [0.4, 0.5) is 0 Å². The average Bonchev–Trinajstić information content (AvgIpc) is 3.00. The molecule has 4 nitrogen and oxygen atoms in total. The van der Waals surface area contributed by atoms with Gasteiger partial charge in [0.15, 0.2) is 0 Å². The Kier molecular flexibility index (Phi) is 4.70. The van der Waals surface area contributed by atoms with Crippen LogP contribution in [-0.2, 0) is 0 Å². The summed E-state index contributed by atoms with van der Waals surface area (Å²) in [6.07, 6.45) is 0. The first kappa shape index (κ1) is 17.0. The summed E-state index contributed by atoms with van der Waals surface area (Å²) < 4.78 is 7.33. The maximum Gasteiger partial charge on any atom is 0.344 e. The molecular weight excluding hydrogens is 312 g/mol. The fourth-order valence-corrected chi connectivity index (χ4v) is 2.45. The second-order valence-corrected chi connectivity index (χ2v) is 6.57. The van der Waals surface area contributed by atoms with Crippen LogP contribution in [-0.4, -0.2) is 15.7 Å². The van der Waals surface area contributed by atoms with E-state index in [1.165, 1.54) is 0 Å². The van der Waals surface area contributed by atoms with Crippen molar-refractivity contribution in [2.24, 2.45) is 0 Å². The van der Waals surface area contributed by atoms with Gasteiger partial charge in [0.25, 0.3) is 0 Å². The van der Waals surface area contributed by atoms with Gasteiger partial charge in [0.2, 0.25) is 5.88 Å². The molecule has 4 heteroatoms. The molecule has 0 bridgehead atoms. The van der Waals surface area contributed by atoms with Crippen molar-refractivity contribution in [3.63, 3.8) is 0 Å². The molecule has 3 aromatic rings. The Bertz CT molecular complexity index is 875. The molecule has 3 rings (SSSR count). The highest BCUT2D eigenvalue weighted by Crippen LogP contribution is 2.25. The zero-order chi connectivity index (χ0) is 18.0. The Balaban J connectivity index is 1.95. The minimum atomic E-state index is -0.386. The van der Waals surface area contributed by atoms with Gasteiger partial charge in [0.1, 0.15) is 0 Å². The quantitative estimate of drug-likeness (QED) is 0.642. The number of esters is 1. The molecule has 0 unspecified atom stereocenters. The van der Waals surface area contributed by atoms with Crippen molar-refractivity contribution < 1.29 is 9.53 Å². The summed E-state index contributed by atoms with van der Waals surface area (Å²) in [7, 11) is 0. The molecular formula is C21H22N2O2. The van der Waals surface area contributed by atoms with Crippen molar-refractivity contribution >= 4 is 5.97 Å². The van der Waals surface area contributed by atoms with Crippen molar-refractivity contribution in [3.8, 4) is 11.6 Å². The predicted octanol–water partition coefficient (Wildman–Crippen LogP) is 4.83. The second-order valence-electron chi connectivity index (χ2n) is 6.57. The van der Waals surface area contributed by atoms with Crippen LogP contribution < -0.4 is 4.74 Å². The lowest BCUT2D eigenvalue weighted by atomic mass is 10.1. The molecule has 0 saturated heterocycles. The summed E-state index contributed by atoms with van der Waals surface area (Å²) in [6.45, 7) is 8.14. The number of aryl methyl sites for hydroxylation is 2. The molecule has 0 N–H and O–H groups in total. The number of hydrogen-bond donors (Lipinski definition) is 0. The molecule has 0 atom stereocenters. The van der Waals surface area contributed by atoms with Gasteiger partial charge in [-0.25, -0.2) is 9.48 Å². The van der Waals surface area contributed by atoms with E-state index in [0.29, 0.717) is 11.4 Å². The minimum absolute atomic E-state index is 0.239. The number of carbonyl (C=O) groups is 1. The predicted molar refractivity (Wildman–Crippen MR) is 98.5 cm³/mol. The molecule has 0 fully saturated rings. The van der Waals surface area contributed by atoms with E-state index in [-0.39, 0.29) is 11.9 Å². The molecule has 0 aliphatic carbocycles. The SMILES string of the molecule is Cc1ccc(C(=O)Oc2cc(C(C)C)nn2-c2ccc(C)cc2)cc1. The molecule has 0 radical (unpaired) electrons. The van der Waals surface area contributed by atoms with Crippen molar-refractivity contribution in [3.05, 3.63) is 77.0 Å². The van der Waals surface area contributed by atoms with Crippen LogP contribution in [0, 0.1) is 13.8 Å². The van der Waals surface area contributed by atoms with Crippen molar-refractivity contribution in [2.75, 3.05) is 0 Å². The summed E-state index contributed by atoms with van der Waals surface area (Å²) in [5.41, 5.74) is 4.53. The summed E-state index contributed by atoms with van der Waals surface area (Å²) in [5, 5.41) is 4.61. The first-order valence-corrected chi connectivity index (χ1v) is 8.40. The van der Waals surface area contributed by atoms with Gasteiger partial charge in [0, 0.05) is 6.07 Å². The Morgan fingerprint density at radius 2 is 1.52 bits per heavy atom. The molecule has 0 spiro atoms. The first-order valence-electron chi connectivity index (χ1n) is 8.40. The number of benzene rings is 2. The highest BCUT2D eigenvalue weighted by Gasteiger charge is 2.17. The Morgan fingerprint density at radius 3 is 2.08 bits per heavy atom. The maximum atomic E-state index is 12.5. The molecule has 25 heavy (non-hydrogen) atoms. The van der Waals surface area contributed by atoms with E-state index in [1.807, 2.05) is 56.3 Å². The van der Waals surface area contributed by atoms with Crippen LogP contribution in [0.5, 0.6) is 5.88 Å². The zero-order valence-corrected chi connectivity index (χ0v) is 15.0. The van der Waals surface area contributed by atoms with Gasteiger partial charge in [0.05, 0.1) is 16.9 Å². The molecule has 0 aliphatic rings. The van der Waals surface area contributed by atoms with E-state index in [2.05, 4.69) is 18.9 Å². The number of rotatable bonds is 4. The van der Waals surface area contributed by atoms with Gasteiger partial charge < -0.3 is 4.74 Å². The number of carbonyl (C=O) groups excluding carboxylic acids is 1. The monoisotopic (exact) mass is 334 g/mol. The Labute approximate surface area is 148 Å². The van der Waals surface area contributed by atoms with Crippen LogP contribution in [0.25, 0.3) is 5.69 Å². The van der Waals surface area contributed by atoms with Gasteiger partial charge in [-0.3, -0.25) is 0 Å². The van der Waals surface area contributed by atoms with Gasteiger partial charge >= 0.3 is 5.97 Å². The van der Waals surface area contributed by atoms with Crippen LogP contribution in [0.1, 0.15) is 46.9 Å². The van der Waals surface area contributed by atoms with Crippen LogP contribution >= 0.6 is 0 Å². The van der Waals surface area contributed by atoms with E-state index in [1.54, 1.807) is 16.8 Å². The third-order valence-corrected chi connectivity index (χ3v) is 4.05. The van der Waals surface area contributed by atoms with E-state index in [4.69, 9.17) is 4.74 Å². The summed E-state index contributed by atoms with van der Waals surface area (Å²) in [6, 6.07) is 17.1. The van der Waals surface area contributed by atoms with Crippen LogP contribution in [0.2, 0.25) is 0 Å². The largest absolute Gasteiger partial charge is 0.404 e. The van der Waals surface area contributed by atoms with Crippen LogP contribution in [0.3, 0.4) is 0 Å². The second kappa shape index (κ2) is 6.93. The number of aromatic nitrogens is 2. The van der Waals surface area contributed by atoms with Gasteiger partial charge in [-0.15, -0.1) is 0 Å². The minimum Gasteiger partial charge on any atom is -0.404 e. The lowest BCUT2D eigenvalue weighted by molar-refractivity contribution is 0.0723. The smallest absolute Gasteiger partial charge is 0.344 e. The van der Waals surface area contributed by atoms with Crippen molar-refractivity contribution in [1.29, 1.82) is 0 Å². The highest BCUT2D eigenvalue weighted by atomic mass is 16.5. The fourth-order valence-electron chi connectivity index (χ4n) is 2.45. The maximum absolute atomic E-state index is 12.5. The molecule has 0 amide bonds. The molecule has 0 saturated carbocycles. The van der Waals surface area contributed by atoms with E-state index < -0.39 is 0 Å². The summed E-state index contributed by atoms with van der Waals surface area (Å²) in [5.74, 6) is 0.283.